The maximum atomic E-state index is 6.32. The number of ether oxygens (including phenoxy) is 2. The van der Waals surface area contributed by atoms with Gasteiger partial charge in [0.2, 0.25) is 0 Å². The van der Waals surface area contributed by atoms with Crippen LogP contribution in [0.1, 0.15) is 29.7 Å². The Balaban J connectivity index is 1.23. The van der Waals surface area contributed by atoms with E-state index in [1.807, 2.05) is 29.7 Å². The van der Waals surface area contributed by atoms with Gasteiger partial charge in [0, 0.05) is 36.4 Å². The molecule has 2 aromatic heterocycles. The molecule has 4 rings (SSSR count). The van der Waals surface area contributed by atoms with E-state index in [1.165, 1.54) is 11.3 Å². The van der Waals surface area contributed by atoms with Gasteiger partial charge in [-0.05, 0) is 42.3 Å². The van der Waals surface area contributed by atoms with Crippen LogP contribution in [-0.4, -0.2) is 41.3 Å². The lowest BCUT2D eigenvalue weighted by atomic mass is 9.99. The Labute approximate surface area is 147 Å². The number of thiophene rings is 1. The van der Waals surface area contributed by atoms with Gasteiger partial charge in [0.25, 0.3) is 0 Å². The molecule has 3 atom stereocenters. The second-order valence-corrected chi connectivity index (χ2v) is 7.69. The van der Waals surface area contributed by atoms with Crippen molar-refractivity contribution in [3.05, 3.63) is 52.5 Å². The van der Waals surface area contributed by atoms with E-state index in [0.717, 1.165) is 31.5 Å². The van der Waals surface area contributed by atoms with E-state index in [1.54, 1.807) is 6.20 Å². The molecule has 2 fully saturated rings. The number of hydrogen-bond acceptors (Lipinski definition) is 5. The molecule has 0 N–H and O–H groups in total. The molecule has 2 saturated heterocycles. The molecule has 2 aromatic rings. The van der Waals surface area contributed by atoms with Crippen LogP contribution in [-0.2, 0) is 22.6 Å². The number of pyridine rings is 1. The van der Waals surface area contributed by atoms with Gasteiger partial charge in [0.05, 0.1) is 25.4 Å². The fourth-order valence-corrected chi connectivity index (χ4v) is 4.53. The molecule has 0 radical (unpaired) electrons. The second kappa shape index (κ2) is 7.74. The molecular weight excluding hydrogens is 320 g/mol. The van der Waals surface area contributed by atoms with Gasteiger partial charge in [0.15, 0.2) is 0 Å². The Morgan fingerprint density at radius 2 is 2.25 bits per heavy atom. The normalized spacial score (nSPS) is 27.2. The largest absolute Gasteiger partial charge is 0.374 e. The average molecular weight is 344 g/mol. The molecule has 4 nitrogen and oxygen atoms in total. The molecule has 128 valence electrons. The van der Waals surface area contributed by atoms with E-state index < -0.39 is 0 Å². The summed E-state index contributed by atoms with van der Waals surface area (Å²) in [7, 11) is 0. The van der Waals surface area contributed by atoms with Gasteiger partial charge in [-0.15, -0.1) is 11.3 Å². The number of likely N-dealkylation sites (tertiary alicyclic amines) is 1. The number of aromatic nitrogens is 1. The summed E-state index contributed by atoms with van der Waals surface area (Å²) in [5.74, 6) is 0. The minimum absolute atomic E-state index is 0.240. The molecule has 0 spiro atoms. The second-order valence-electron chi connectivity index (χ2n) is 6.66. The summed E-state index contributed by atoms with van der Waals surface area (Å²) in [5, 5.41) is 2.16. The molecule has 0 aliphatic carbocycles. The monoisotopic (exact) mass is 344 g/mol. The van der Waals surface area contributed by atoms with Crippen molar-refractivity contribution in [3.63, 3.8) is 0 Å². The molecule has 2 aliphatic rings. The Morgan fingerprint density at radius 3 is 3.08 bits per heavy atom. The smallest absolute Gasteiger partial charge is 0.0813 e. The van der Waals surface area contributed by atoms with Crippen LogP contribution >= 0.6 is 11.3 Å². The lowest BCUT2D eigenvalue weighted by molar-refractivity contribution is -0.102. The maximum absolute atomic E-state index is 6.32. The fraction of sp³-hybridized carbons (Fsp3) is 0.526. The van der Waals surface area contributed by atoms with Crippen LogP contribution < -0.4 is 0 Å². The minimum Gasteiger partial charge on any atom is -0.374 e. The first kappa shape index (κ1) is 16.2. The zero-order chi connectivity index (χ0) is 16.2. The average Bonchev–Trinajstić information content (AvgIpc) is 3.26. The SMILES string of the molecule is c1cncc(COCC2CC[C@H]3[C@H](CCN3Cc3cccs3)O2)c1. The molecule has 24 heavy (non-hydrogen) atoms. The van der Waals surface area contributed by atoms with Crippen molar-refractivity contribution in [1.29, 1.82) is 0 Å². The lowest BCUT2D eigenvalue weighted by Gasteiger charge is -2.35. The van der Waals surface area contributed by atoms with Crippen molar-refractivity contribution >= 4 is 11.3 Å². The summed E-state index contributed by atoms with van der Waals surface area (Å²) in [6, 6.07) is 8.95. The lowest BCUT2D eigenvalue weighted by Crippen LogP contribution is -2.43. The summed E-state index contributed by atoms with van der Waals surface area (Å²) in [4.78, 5) is 8.17. The van der Waals surface area contributed by atoms with Crippen molar-refractivity contribution in [2.24, 2.45) is 0 Å². The van der Waals surface area contributed by atoms with Crippen LogP contribution in [0, 0.1) is 0 Å². The van der Waals surface area contributed by atoms with Crippen LogP contribution in [0.5, 0.6) is 0 Å². The van der Waals surface area contributed by atoms with Crippen LogP contribution in [0.25, 0.3) is 0 Å². The van der Waals surface area contributed by atoms with Crippen molar-refractivity contribution in [2.75, 3.05) is 13.2 Å². The highest BCUT2D eigenvalue weighted by atomic mass is 32.1. The summed E-state index contributed by atoms with van der Waals surface area (Å²) >= 11 is 1.85. The Kier molecular flexibility index (Phi) is 5.23. The van der Waals surface area contributed by atoms with E-state index in [-0.39, 0.29) is 6.10 Å². The summed E-state index contributed by atoms with van der Waals surface area (Å²) < 4.78 is 12.2. The van der Waals surface area contributed by atoms with Gasteiger partial charge in [-0.25, -0.2) is 0 Å². The summed E-state index contributed by atoms with van der Waals surface area (Å²) in [6.07, 6.45) is 7.73. The Morgan fingerprint density at radius 1 is 1.25 bits per heavy atom. The Bertz CT molecular complexity index is 620. The van der Waals surface area contributed by atoms with E-state index >= 15 is 0 Å². The van der Waals surface area contributed by atoms with E-state index in [0.29, 0.717) is 25.4 Å². The van der Waals surface area contributed by atoms with Gasteiger partial charge in [-0.3, -0.25) is 9.88 Å². The van der Waals surface area contributed by atoms with Crippen LogP contribution in [0.2, 0.25) is 0 Å². The predicted octanol–water partition coefficient (Wildman–Crippen LogP) is 3.48. The first-order valence-electron chi connectivity index (χ1n) is 8.77. The molecular formula is C19H24N2O2S. The third-order valence-electron chi connectivity index (χ3n) is 4.98. The first-order valence-corrected chi connectivity index (χ1v) is 9.65. The van der Waals surface area contributed by atoms with Gasteiger partial charge in [-0.2, -0.15) is 0 Å². The maximum Gasteiger partial charge on any atom is 0.0813 e. The number of hydrogen-bond donors (Lipinski definition) is 0. The van der Waals surface area contributed by atoms with E-state index in [4.69, 9.17) is 9.47 Å². The molecule has 0 saturated carbocycles. The third kappa shape index (κ3) is 3.86. The highest BCUT2D eigenvalue weighted by molar-refractivity contribution is 7.09. The van der Waals surface area contributed by atoms with Crippen molar-refractivity contribution < 1.29 is 9.47 Å². The molecule has 0 amide bonds. The van der Waals surface area contributed by atoms with Gasteiger partial charge in [0.1, 0.15) is 0 Å². The van der Waals surface area contributed by atoms with Crippen molar-refractivity contribution in [1.82, 2.24) is 9.88 Å². The molecule has 4 heterocycles. The van der Waals surface area contributed by atoms with E-state index in [2.05, 4.69) is 27.4 Å². The van der Waals surface area contributed by atoms with Crippen LogP contribution in [0.15, 0.2) is 42.0 Å². The molecule has 2 aliphatic heterocycles. The van der Waals surface area contributed by atoms with Crippen molar-refractivity contribution in [2.45, 2.75) is 50.7 Å². The number of nitrogens with zero attached hydrogens (tertiary/aromatic N) is 2. The molecule has 0 aromatic carbocycles. The van der Waals surface area contributed by atoms with Gasteiger partial charge in [-0.1, -0.05) is 12.1 Å². The standard InChI is InChI=1S/C19H24N2O2S/c1-3-15(11-20-8-1)13-22-14-16-5-6-18-19(23-16)7-9-21(18)12-17-4-2-10-24-17/h1-4,8,10-11,16,18-19H,5-7,9,12-14H2/t16?,18-,19-/m0/s1. The summed E-state index contributed by atoms with van der Waals surface area (Å²) in [6.45, 7) is 3.52. The minimum atomic E-state index is 0.240. The zero-order valence-corrected chi connectivity index (χ0v) is 14.7. The fourth-order valence-electron chi connectivity index (χ4n) is 3.80. The van der Waals surface area contributed by atoms with Crippen LogP contribution in [0.3, 0.4) is 0 Å². The van der Waals surface area contributed by atoms with Gasteiger partial charge < -0.3 is 9.47 Å². The predicted molar refractivity (Wildman–Crippen MR) is 94.9 cm³/mol. The zero-order valence-electron chi connectivity index (χ0n) is 13.8. The first-order chi connectivity index (χ1) is 11.9. The molecule has 5 heteroatoms. The Hall–Kier alpha value is -1.27. The van der Waals surface area contributed by atoms with Crippen LogP contribution in [0.4, 0.5) is 0 Å². The van der Waals surface area contributed by atoms with E-state index in [9.17, 15) is 0 Å². The highest BCUT2D eigenvalue weighted by Crippen LogP contribution is 2.33. The topological polar surface area (TPSA) is 34.6 Å². The third-order valence-corrected chi connectivity index (χ3v) is 5.85. The number of rotatable bonds is 6. The van der Waals surface area contributed by atoms with Crippen molar-refractivity contribution in [3.8, 4) is 0 Å². The molecule has 0 bridgehead atoms. The number of fused-ring (bicyclic) bond motifs is 1. The summed E-state index contributed by atoms with van der Waals surface area (Å²) in [5.41, 5.74) is 1.12. The quantitative estimate of drug-likeness (QED) is 0.803. The van der Waals surface area contributed by atoms with Gasteiger partial charge >= 0.3 is 0 Å². The molecule has 1 unspecified atom stereocenters. The highest BCUT2D eigenvalue weighted by Gasteiger charge is 2.39.